The number of nitrogens with one attached hydrogen (secondary N) is 1. The van der Waals surface area contributed by atoms with Crippen LogP contribution in [0.25, 0.3) is 44.5 Å². The highest BCUT2D eigenvalue weighted by atomic mass is 19.1. The minimum absolute atomic E-state index is 0.141. The number of hydrogen-bond acceptors (Lipinski definition) is 4. The predicted octanol–water partition coefficient (Wildman–Crippen LogP) is 5.14. The molecule has 0 aliphatic heterocycles. The van der Waals surface area contributed by atoms with Gasteiger partial charge in [-0.3, -0.25) is 9.48 Å². The van der Waals surface area contributed by atoms with E-state index >= 15 is 4.39 Å². The smallest absolute Gasteiger partial charge is 0.258 e. The first-order chi connectivity index (χ1) is 17.4. The average Bonchev–Trinajstić information content (AvgIpc) is 3.41. The third-order valence-electron chi connectivity index (χ3n) is 6.72. The molecule has 4 heterocycles. The van der Waals surface area contributed by atoms with Crippen LogP contribution in [0.5, 0.6) is 0 Å². The Morgan fingerprint density at radius 3 is 2.67 bits per heavy atom. The number of H-pyrrole nitrogens is 1. The van der Waals surface area contributed by atoms with E-state index in [2.05, 4.69) is 15.1 Å². The minimum Gasteiger partial charge on any atom is -0.322 e. The van der Waals surface area contributed by atoms with Gasteiger partial charge in [-0.2, -0.15) is 5.10 Å². The molecule has 4 aromatic heterocycles. The van der Waals surface area contributed by atoms with Gasteiger partial charge in [0.05, 0.1) is 17.8 Å². The second-order valence-electron chi connectivity index (χ2n) is 8.95. The fourth-order valence-corrected chi connectivity index (χ4v) is 4.76. The van der Waals surface area contributed by atoms with Crippen molar-refractivity contribution in [2.75, 3.05) is 0 Å². The Hall–Kier alpha value is -4.59. The van der Waals surface area contributed by atoms with Crippen molar-refractivity contribution in [2.24, 2.45) is 7.05 Å². The number of imidazole rings is 1. The summed E-state index contributed by atoms with van der Waals surface area (Å²) >= 11 is 0. The summed E-state index contributed by atoms with van der Waals surface area (Å²) in [4.78, 5) is 25.4. The number of fused-ring (bicyclic) bond motifs is 2. The van der Waals surface area contributed by atoms with Crippen molar-refractivity contribution in [1.82, 2.24) is 29.3 Å². The maximum absolute atomic E-state index is 15.3. The molecule has 36 heavy (non-hydrogen) atoms. The molecule has 0 aliphatic carbocycles. The van der Waals surface area contributed by atoms with E-state index < -0.39 is 0 Å². The molecule has 1 N–H and O–H groups in total. The number of pyridine rings is 2. The van der Waals surface area contributed by atoms with Gasteiger partial charge >= 0.3 is 0 Å². The molecule has 0 unspecified atom stereocenters. The summed E-state index contributed by atoms with van der Waals surface area (Å²) < 4.78 is 18.6. The van der Waals surface area contributed by atoms with Gasteiger partial charge in [0.15, 0.2) is 5.65 Å². The molecule has 0 saturated heterocycles. The third kappa shape index (κ3) is 3.50. The van der Waals surface area contributed by atoms with E-state index in [1.165, 1.54) is 10.6 Å². The van der Waals surface area contributed by atoms with Crippen LogP contribution < -0.4 is 5.56 Å². The Morgan fingerprint density at radius 1 is 1.06 bits per heavy atom. The number of hydrogen-bond donors (Lipinski definition) is 1. The van der Waals surface area contributed by atoms with Crippen molar-refractivity contribution in [3.63, 3.8) is 0 Å². The molecule has 6 aromatic rings. The second-order valence-corrected chi connectivity index (χ2v) is 8.95. The summed E-state index contributed by atoms with van der Waals surface area (Å²) in [5.74, 6) is 0.299. The first kappa shape index (κ1) is 21.9. The molecule has 8 heteroatoms. The van der Waals surface area contributed by atoms with Crippen LogP contribution in [0, 0.1) is 19.7 Å². The van der Waals surface area contributed by atoms with E-state index in [4.69, 9.17) is 4.98 Å². The highest BCUT2D eigenvalue weighted by molar-refractivity contribution is 5.91. The molecular formula is C28H23FN6O. The van der Waals surface area contributed by atoms with Crippen molar-refractivity contribution < 1.29 is 4.39 Å². The molecule has 0 radical (unpaired) electrons. The second kappa shape index (κ2) is 8.27. The Labute approximate surface area is 205 Å². The number of halogens is 1. The maximum Gasteiger partial charge on any atom is 0.258 e. The summed E-state index contributed by atoms with van der Waals surface area (Å²) in [6.45, 7) is 4.08. The predicted molar refractivity (Wildman–Crippen MR) is 138 cm³/mol. The van der Waals surface area contributed by atoms with Crippen LogP contribution >= 0.6 is 0 Å². The van der Waals surface area contributed by atoms with Crippen LogP contribution in [0.1, 0.15) is 17.0 Å². The number of benzene rings is 2. The Morgan fingerprint density at radius 2 is 1.89 bits per heavy atom. The van der Waals surface area contributed by atoms with Crippen LogP contribution in [0.3, 0.4) is 0 Å². The highest BCUT2D eigenvalue weighted by Crippen LogP contribution is 2.31. The SMILES string of the molecule is Cc1nn(C)c(C)c1-c1nc2c(-c3ccc(Cn4ccc5ccccc5c4=O)c(F)c3)ccnc2[nH]1. The van der Waals surface area contributed by atoms with Crippen LogP contribution in [0.4, 0.5) is 4.39 Å². The molecule has 0 saturated carbocycles. The first-order valence-electron chi connectivity index (χ1n) is 11.6. The highest BCUT2D eigenvalue weighted by Gasteiger charge is 2.18. The molecule has 0 bridgehead atoms. The molecular weight excluding hydrogens is 455 g/mol. The maximum atomic E-state index is 15.3. The lowest BCUT2D eigenvalue weighted by Crippen LogP contribution is -2.20. The quantitative estimate of drug-likeness (QED) is 0.380. The lowest BCUT2D eigenvalue weighted by Gasteiger charge is -2.10. The van der Waals surface area contributed by atoms with Crippen molar-refractivity contribution in [2.45, 2.75) is 20.4 Å². The third-order valence-corrected chi connectivity index (χ3v) is 6.72. The molecule has 0 spiro atoms. The van der Waals surface area contributed by atoms with Crippen LogP contribution in [-0.4, -0.2) is 29.3 Å². The molecule has 178 valence electrons. The van der Waals surface area contributed by atoms with Gasteiger partial charge in [-0.1, -0.05) is 30.3 Å². The van der Waals surface area contributed by atoms with Gasteiger partial charge in [0, 0.05) is 41.6 Å². The van der Waals surface area contributed by atoms with Crippen molar-refractivity contribution in [1.29, 1.82) is 0 Å². The summed E-state index contributed by atoms with van der Waals surface area (Å²) in [7, 11) is 1.90. The van der Waals surface area contributed by atoms with E-state index in [1.54, 1.807) is 24.5 Å². The lowest BCUT2D eigenvalue weighted by molar-refractivity contribution is 0.597. The zero-order valence-corrected chi connectivity index (χ0v) is 20.1. The fourth-order valence-electron chi connectivity index (χ4n) is 4.76. The molecule has 0 atom stereocenters. The van der Waals surface area contributed by atoms with Crippen LogP contribution in [0.2, 0.25) is 0 Å². The van der Waals surface area contributed by atoms with E-state index in [0.29, 0.717) is 33.5 Å². The topological polar surface area (TPSA) is 81.4 Å². The number of aromatic nitrogens is 6. The standard InChI is InChI=1S/C28H23FN6O/c1-16-24(17(2)34(3)33-16)26-31-25-21(10-12-30-27(25)32-26)19-8-9-20(23(29)14-19)15-35-13-11-18-6-4-5-7-22(18)28(35)36/h4-14H,15H2,1-3H3,(H,30,31,32). The monoisotopic (exact) mass is 478 g/mol. The van der Waals surface area contributed by atoms with Gasteiger partial charge < -0.3 is 9.55 Å². The van der Waals surface area contributed by atoms with Crippen LogP contribution in [0.15, 0.2) is 71.8 Å². The van der Waals surface area contributed by atoms with Crippen molar-refractivity contribution in [3.05, 3.63) is 100 Å². The number of rotatable bonds is 4. The van der Waals surface area contributed by atoms with Crippen LogP contribution in [-0.2, 0) is 13.6 Å². The molecule has 2 aromatic carbocycles. The number of nitrogens with zero attached hydrogens (tertiary/aromatic N) is 5. The molecule has 6 rings (SSSR count). The summed E-state index contributed by atoms with van der Waals surface area (Å²) in [5.41, 5.74) is 5.84. The number of aryl methyl sites for hydroxylation is 2. The van der Waals surface area contributed by atoms with E-state index in [9.17, 15) is 4.79 Å². The van der Waals surface area contributed by atoms with Gasteiger partial charge in [-0.05, 0) is 49.1 Å². The molecule has 0 amide bonds. The Balaban J connectivity index is 1.38. The zero-order chi connectivity index (χ0) is 25.0. The summed E-state index contributed by atoms with van der Waals surface area (Å²) in [5, 5.41) is 5.96. The largest absolute Gasteiger partial charge is 0.322 e. The van der Waals surface area contributed by atoms with Gasteiger partial charge in [0.1, 0.15) is 17.2 Å². The Bertz CT molecular complexity index is 1850. The molecule has 0 fully saturated rings. The minimum atomic E-state index is -0.382. The summed E-state index contributed by atoms with van der Waals surface area (Å²) in [6, 6.07) is 16.2. The van der Waals surface area contributed by atoms with Crippen molar-refractivity contribution >= 4 is 21.9 Å². The fraction of sp³-hybridized carbons (Fsp3) is 0.143. The molecule has 7 nitrogen and oxygen atoms in total. The molecule has 0 aliphatic rings. The number of aromatic amines is 1. The first-order valence-corrected chi connectivity index (χ1v) is 11.6. The summed E-state index contributed by atoms with van der Waals surface area (Å²) in [6.07, 6.45) is 3.39. The van der Waals surface area contributed by atoms with Gasteiger partial charge in [-0.15, -0.1) is 0 Å². The van der Waals surface area contributed by atoms with Gasteiger partial charge in [0.25, 0.3) is 5.56 Å². The van der Waals surface area contributed by atoms with Gasteiger partial charge in [-0.25, -0.2) is 14.4 Å². The van der Waals surface area contributed by atoms with E-state index in [1.807, 2.05) is 62.0 Å². The Kier molecular flexibility index (Phi) is 5.03. The van der Waals surface area contributed by atoms with E-state index in [-0.39, 0.29) is 17.9 Å². The zero-order valence-electron chi connectivity index (χ0n) is 20.1. The lowest BCUT2D eigenvalue weighted by atomic mass is 10.0. The normalized spacial score (nSPS) is 11.6. The average molecular weight is 479 g/mol. The van der Waals surface area contributed by atoms with Crippen molar-refractivity contribution in [3.8, 4) is 22.5 Å². The van der Waals surface area contributed by atoms with Gasteiger partial charge in [0.2, 0.25) is 0 Å². The van der Waals surface area contributed by atoms with E-state index in [0.717, 1.165) is 27.9 Å².